The van der Waals surface area contributed by atoms with E-state index in [2.05, 4.69) is 4.90 Å². The topological polar surface area (TPSA) is 49.5 Å². The van der Waals surface area contributed by atoms with Gasteiger partial charge in [-0.05, 0) is 49.4 Å². The summed E-state index contributed by atoms with van der Waals surface area (Å²) in [6, 6.07) is 3.22. The molecule has 4 heteroatoms. The fourth-order valence-electron chi connectivity index (χ4n) is 2.67. The van der Waals surface area contributed by atoms with E-state index in [4.69, 9.17) is 5.73 Å². The van der Waals surface area contributed by atoms with Crippen molar-refractivity contribution in [3.8, 4) is 0 Å². The lowest BCUT2D eigenvalue weighted by Gasteiger charge is -2.37. The van der Waals surface area contributed by atoms with Crippen LogP contribution >= 0.6 is 0 Å². The molecule has 3 nitrogen and oxygen atoms in total. The van der Waals surface area contributed by atoms with E-state index >= 15 is 0 Å². The van der Waals surface area contributed by atoms with Gasteiger partial charge in [-0.15, -0.1) is 0 Å². The van der Waals surface area contributed by atoms with E-state index in [0.29, 0.717) is 5.56 Å². The molecule has 3 N–H and O–H groups in total. The van der Waals surface area contributed by atoms with Crippen molar-refractivity contribution in [1.29, 1.82) is 0 Å². The predicted molar refractivity (Wildman–Crippen MR) is 75.7 cm³/mol. The summed E-state index contributed by atoms with van der Waals surface area (Å²) in [5.41, 5.74) is 8.44. The van der Waals surface area contributed by atoms with Crippen LogP contribution in [0.15, 0.2) is 12.1 Å². The van der Waals surface area contributed by atoms with Crippen LogP contribution in [0.5, 0.6) is 0 Å². The van der Waals surface area contributed by atoms with Gasteiger partial charge in [-0.2, -0.15) is 0 Å². The number of nitrogens with zero attached hydrogens (tertiary/aromatic N) is 1. The third kappa shape index (κ3) is 2.90. The molecule has 0 spiro atoms. The first kappa shape index (κ1) is 14.3. The Morgan fingerprint density at radius 3 is 2.74 bits per heavy atom. The van der Waals surface area contributed by atoms with Gasteiger partial charge in [0.2, 0.25) is 0 Å². The number of hydrogen-bond donors (Lipinski definition) is 2. The van der Waals surface area contributed by atoms with Crippen molar-refractivity contribution in [2.75, 3.05) is 18.0 Å². The standard InChI is InChI=1S/C15H23FN2O/c1-9-6-14(12(11(3)17)7-13(9)16)18-5-4-15(19)10(2)8-18/h6-7,10-11,15,19H,4-5,8,17H2,1-3H3/t10?,11-,15?/m1/s1. The number of hydrogen-bond acceptors (Lipinski definition) is 3. The second kappa shape index (κ2) is 5.47. The number of benzene rings is 1. The molecule has 2 unspecified atom stereocenters. The third-order valence-corrected chi connectivity index (χ3v) is 4.00. The van der Waals surface area contributed by atoms with Gasteiger partial charge < -0.3 is 15.7 Å². The molecule has 106 valence electrons. The normalized spacial score (nSPS) is 25.5. The number of aryl methyl sites for hydroxylation is 1. The molecule has 0 bridgehead atoms. The quantitative estimate of drug-likeness (QED) is 0.864. The van der Waals surface area contributed by atoms with Gasteiger partial charge in [0.15, 0.2) is 0 Å². The largest absolute Gasteiger partial charge is 0.393 e. The average Bonchev–Trinajstić information content (AvgIpc) is 2.35. The Balaban J connectivity index is 2.35. The summed E-state index contributed by atoms with van der Waals surface area (Å²) >= 11 is 0. The highest BCUT2D eigenvalue weighted by molar-refractivity contribution is 5.57. The van der Waals surface area contributed by atoms with Crippen LogP contribution in [-0.4, -0.2) is 24.3 Å². The number of aliphatic hydroxyl groups is 1. The van der Waals surface area contributed by atoms with Crippen LogP contribution in [-0.2, 0) is 0 Å². The van der Waals surface area contributed by atoms with E-state index in [1.807, 2.05) is 19.9 Å². The molecule has 2 rings (SSSR count). The lowest BCUT2D eigenvalue weighted by molar-refractivity contribution is 0.0970. The first-order valence-corrected chi connectivity index (χ1v) is 6.88. The summed E-state index contributed by atoms with van der Waals surface area (Å²) in [6.45, 7) is 7.25. The van der Waals surface area contributed by atoms with Gasteiger partial charge in [-0.25, -0.2) is 4.39 Å². The second-order valence-corrected chi connectivity index (χ2v) is 5.73. The lowest BCUT2D eigenvalue weighted by atomic mass is 9.94. The van der Waals surface area contributed by atoms with E-state index in [9.17, 15) is 9.50 Å². The molecule has 0 aliphatic carbocycles. The summed E-state index contributed by atoms with van der Waals surface area (Å²) in [4.78, 5) is 2.21. The molecule has 1 aliphatic rings. The van der Waals surface area contributed by atoms with Crippen LogP contribution in [0.4, 0.5) is 10.1 Å². The zero-order valence-corrected chi connectivity index (χ0v) is 11.9. The van der Waals surface area contributed by atoms with Crippen LogP contribution in [0, 0.1) is 18.7 Å². The van der Waals surface area contributed by atoms with Crippen molar-refractivity contribution < 1.29 is 9.50 Å². The number of halogens is 1. The van der Waals surface area contributed by atoms with Crippen molar-refractivity contribution in [3.05, 3.63) is 29.1 Å². The van der Waals surface area contributed by atoms with Crippen LogP contribution in [0.3, 0.4) is 0 Å². The molecule has 1 aromatic carbocycles. The molecular weight excluding hydrogens is 243 g/mol. The molecule has 0 aromatic heterocycles. The monoisotopic (exact) mass is 266 g/mol. The third-order valence-electron chi connectivity index (χ3n) is 4.00. The molecule has 1 heterocycles. The Kier molecular flexibility index (Phi) is 4.11. The van der Waals surface area contributed by atoms with Gasteiger partial charge in [-0.1, -0.05) is 6.92 Å². The van der Waals surface area contributed by atoms with E-state index < -0.39 is 0 Å². The summed E-state index contributed by atoms with van der Waals surface area (Å²) in [5, 5.41) is 9.81. The molecule has 0 amide bonds. The van der Waals surface area contributed by atoms with E-state index in [-0.39, 0.29) is 23.9 Å². The molecular formula is C15H23FN2O. The highest BCUT2D eigenvalue weighted by Crippen LogP contribution is 2.31. The van der Waals surface area contributed by atoms with Crippen LogP contribution in [0.2, 0.25) is 0 Å². The summed E-state index contributed by atoms with van der Waals surface area (Å²) in [7, 11) is 0. The summed E-state index contributed by atoms with van der Waals surface area (Å²) in [6.07, 6.45) is 0.507. The average molecular weight is 266 g/mol. The Labute approximate surface area is 114 Å². The molecule has 0 radical (unpaired) electrons. The van der Waals surface area contributed by atoms with Crippen molar-refractivity contribution in [2.45, 2.75) is 39.3 Å². The first-order valence-electron chi connectivity index (χ1n) is 6.88. The smallest absolute Gasteiger partial charge is 0.126 e. The van der Waals surface area contributed by atoms with E-state index in [1.54, 1.807) is 13.0 Å². The zero-order chi connectivity index (χ0) is 14.2. The minimum absolute atomic E-state index is 0.202. The zero-order valence-electron chi connectivity index (χ0n) is 11.9. The molecule has 1 saturated heterocycles. The van der Waals surface area contributed by atoms with Gasteiger partial charge in [0.05, 0.1) is 6.10 Å². The number of rotatable bonds is 2. The van der Waals surface area contributed by atoms with Crippen molar-refractivity contribution >= 4 is 5.69 Å². The van der Waals surface area contributed by atoms with Crippen molar-refractivity contribution in [2.24, 2.45) is 11.7 Å². The molecule has 1 fully saturated rings. The van der Waals surface area contributed by atoms with Gasteiger partial charge in [0, 0.05) is 24.8 Å². The maximum Gasteiger partial charge on any atom is 0.126 e. The molecule has 0 saturated carbocycles. The first-order chi connectivity index (χ1) is 8.90. The Hall–Kier alpha value is -1.13. The predicted octanol–water partition coefficient (Wildman–Crippen LogP) is 2.36. The van der Waals surface area contributed by atoms with Gasteiger partial charge >= 0.3 is 0 Å². The minimum atomic E-state index is -0.239. The highest BCUT2D eigenvalue weighted by atomic mass is 19.1. The van der Waals surface area contributed by atoms with Gasteiger partial charge in [-0.3, -0.25) is 0 Å². The second-order valence-electron chi connectivity index (χ2n) is 5.73. The SMILES string of the molecule is Cc1cc(N2CCC(O)C(C)C2)c([C@@H](C)N)cc1F. The van der Waals surface area contributed by atoms with Crippen molar-refractivity contribution in [1.82, 2.24) is 0 Å². The molecule has 1 aliphatic heterocycles. The van der Waals surface area contributed by atoms with Crippen LogP contribution in [0.25, 0.3) is 0 Å². The number of anilines is 1. The summed E-state index contributed by atoms with van der Waals surface area (Å²) < 4.78 is 13.7. The maximum absolute atomic E-state index is 13.7. The van der Waals surface area contributed by atoms with Gasteiger partial charge in [0.25, 0.3) is 0 Å². The summed E-state index contributed by atoms with van der Waals surface area (Å²) in [5.74, 6) is 0.0150. The number of nitrogens with two attached hydrogens (primary N) is 1. The van der Waals surface area contributed by atoms with Crippen LogP contribution in [0.1, 0.15) is 37.4 Å². The minimum Gasteiger partial charge on any atom is -0.393 e. The molecule has 19 heavy (non-hydrogen) atoms. The van der Waals surface area contributed by atoms with E-state index in [0.717, 1.165) is 30.8 Å². The number of piperidine rings is 1. The Morgan fingerprint density at radius 1 is 1.47 bits per heavy atom. The lowest BCUT2D eigenvalue weighted by Crippen LogP contribution is -2.42. The fourth-order valence-corrected chi connectivity index (χ4v) is 2.67. The van der Waals surface area contributed by atoms with Crippen LogP contribution < -0.4 is 10.6 Å². The molecule has 3 atom stereocenters. The van der Waals surface area contributed by atoms with Gasteiger partial charge in [0.1, 0.15) is 5.82 Å². The fraction of sp³-hybridized carbons (Fsp3) is 0.600. The van der Waals surface area contributed by atoms with Crippen molar-refractivity contribution in [3.63, 3.8) is 0 Å². The Bertz CT molecular complexity index is 462. The van der Waals surface area contributed by atoms with E-state index in [1.165, 1.54) is 0 Å². The maximum atomic E-state index is 13.7. The Morgan fingerprint density at radius 2 is 2.16 bits per heavy atom. The highest BCUT2D eigenvalue weighted by Gasteiger charge is 2.26. The number of aliphatic hydroxyl groups excluding tert-OH is 1. The molecule has 1 aromatic rings.